The molecule has 1 atom stereocenters. The van der Waals surface area contributed by atoms with Crippen molar-refractivity contribution in [3.8, 4) is 11.5 Å². The summed E-state index contributed by atoms with van der Waals surface area (Å²) in [6, 6.07) is 33.2. The van der Waals surface area contributed by atoms with Crippen LogP contribution < -0.4 is 15.0 Å². The van der Waals surface area contributed by atoms with Crippen LogP contribution in [0.3, 0.4) is 0 Å². The molecular weight excluding hydrogens is 649 g/mol. The van der Waals surface area contributed by atoms with E-state index in [1.165, 1.54) is 39.1 Å². The van der Waals surface area contributed by atoms with Crippen LogP contribution in [0.2, 0.25) is 0 Å². The van der Waals surface area contributed by atoms with Gasteiger partial charge in [0.1, 0.15) is 11.5 Å². The molecule has 8 heteroatoms. The highest BCUT2D eigenvalue weighted by Gasteiger charge is 2.34. The zero-order valence-electron chi connectivity index (χ0n) is 30.2. The molecule has 3 aliphatic rings. The van der Waals surface area contributed by atoms with Crippen LogP contribution in [0.25, 0.3) is 11.1 Å². The second-order valence-electron chi connectivity index (χ2n) is 14.2. The fourth-order valence-electron chi connectivity index (χ4n) is 7.92. The Balaban J connectivity index is 0.853. The zero-order chi connectivity index (χ0) is 35.9. The van der Waals surface area contributed by atoms with Gasteiger partial charge in [0.25, 0.3) is 0 Å². The molecule has 2 fully saturated rings. The van der Waals surface area contributed by atoms with Crippen molar-refractivity contribution in [2.45, 2.75) is 64.6 Å². The Morgan fingerprint density at radius 1 is 0.788 bits per heavy atom. The molecule has 1 unspecified atom stereocenters. The summed E-state index contributed by atoms with van der Waals surface area (Å²) in [7, 11) is 0. The molecule has 0 bridgehead atoms. The van der Waals surface area contributed by atoms with Crippen molar-refractivity contribution in [2.24, 2.45) is 0 Å². The molecule has 2 N–H and O–H groups in total. The third-order valence-corrected chi connectivity index (χ3v) is 10.8. The van der Waals surface area contributed by atoms with E-state index >= 15 is 0 Å². The zero-order valence-corrected chi connectivity index (χ0v) is 30.2. The third kappa shape index (κ3) is 8.41. The van der Waals surface area contributed by atoms with E-state index in [2.05, 4.69) is 93.7 Å². The Labute approximate surface area is 307 Å². The van der Waals surface area contributed by atoms with Crippen molar-refractivity contribution in [3.05, 3.63) is 125 Å². The van der Waals surface area contributed by atoms with E-state index in [0.717, 1.165) is 76.3 Å². The molecule has 0 spiro atoms. The topological polar surface area (TPSA) is 85.3 Å². The molecule has 52 heavy (non-hydrogen) atoms. The predicted octanol–water partition coefficient (Wildman–Crippen LogP) is 7.25. The van der Waals surface area contributed by atoms with Gasteiger partial charge in [-0.1, -0.05) is 67.6 Å². The average Bonchev–Trinajstić information content (AvgIpc) is 3.59. The Kier molecular flexibility index (Phi) is 11.3. The summed E-state index contributed by atoms with van der Waals surface area (Å²) in [6.45, 7) is 9.64. The van der Waals surface area contributed by atoms with E-state index in [1.54, 1.807) is 12.1 Å². The number of nitrogens with one attached hydrogen (secondary N) is 1. The van der Waals surface area contributed by atoms with E-state index in [0.29, 0.717) is 26.0 Å². The van der Waals surface area contributed by atoms with Crippen LogP contribution in [0.5, 0.6) is 11.5 Å². The number of nitrogens with zero attached hydrogens (tertiary/aromatic N) is 3. The van der Waals surface area contributed by atoms with E-state index in [4.69, 9.17) is 4.74 Å². The van der Waals surface area contributed by atoms with Crippen LogP contribution >= 0.6 is 0 Å². The fourth-order valence-corrected chi connectivity index (χ4v) is 7.92. The van der Waals surface area contributed by atoms with Crippen LogP contribution in [-0.4, -0.2) is 72.1 Å². The van der Waals surface area contributed by atoms with Crippen LogP contribution in [0.15, 0.2) is 97.1 Å². The van der Waals surface area contributed by atoms with Crippen molar-refractivity contribution in [3.63, 3.8) is 0 Å². The maximum absolute atomic E-state index is 12.3. The number of amides is 2. The van der Waals surface area contributed by atoms with Gasteiger partial charge < -0.3 is 14.7 Å². The van der Waals surface area contributed by atoms with Gasteiger partial charge in [-0.05, 0) is 114 Å². The number of hydrogen-bond acceptors (Lipinski definition) is 7. The van der Waals surface area contributed by atoms with E-state index in [1.807, 2.05) is 18.2 Å². The highest BCUT2D eigenvalue weighted by atomic mass is 16.5. The summed E-state index contributed by atoms with van der Waals surface area (Å²) in [5.74, 6) is 0.823. The largest absolute Gasteiger partial charge is 0.508 e. The number of phenols is 1. The Bertz CT molecular complexity index is 1860. The number of imide groups is 1. The number of ether oxygens (including phenoxy) is 1. The lowest BCUT2D eigenvalue weighted by Gasteiger charge is -2.36. The summed E-state index contributed by atoms with van der Waals surface area (Å²) >= 11 is 0. The summed E-state index contributed by atoms with van der Waals surface area (Å²) in [4.78, 5) is 31.1. The quantitative estimate of drug-likeness (QED) is 0.0865. The highest BCUT2D eigenvalue weighted by molar-refractivity contribution is 6.00. The van der Waals surface area contributed by atoms with Gasteiger partial charge in [-0.3, -0.25) is 24.7 Å². The Morgan fingerprint density at radius 2 is 1.50 bits per heavy atom. The first-order valence-electron chi connectivity index (χ1n) is 18.9. The highest BCUT2D eigenvalue weighted by Crippen LogP contribution is 2.36. The van der Waals surface area contributed by atoms with Gasteiger partial charge in [-0.2, -0.15) is 0 Å². The number of anilines is 1. The van der Waals surface area contributed by atoms with Crippen LogP contribution in [-0.2, 0) is 22.7 Å². The SMILES string of the molecule is CCC(=C(c1ccc(O)cc1)c1ccc(N2CCN(CCCCCOc3ccc4c(c3)CN(C3CCC(=O)NC3=O)C4)CC2)cc1)c1ccccc1. The van der Waals surface area contributed by atoms with Gasteiger partial charge in [0.2, 0.25) is 11.8 Å². The number of aromatic hydroxyl groups is 1. The van der Waals surface area contributed by atoms with Crippen LogP contribution in [0.1, 0.15) is 73.3 Å². The first kappa shape index (κ1) is 35.5. The maximum Gasteiger partial charge on any atom is 0.243 e. The molecule has 2 amide bonds. The Hall–Kier alpha value is -4.92. The lowest BCUT2D eigenvalue weighted by Crippen LogP contribution is -2.50. The number of hydrogen-bond donors (Lipinski definition) is 2. The van der Waals surface area contributed by atoms with Crippen LogP contribution in [0.4, 0.5) is 5.69 Å². The van der Waals surface area contributed by atoms with Crippen molar-refractivity contribution < 1.29 is 19.4 Å². The molecule has 0 radical (unpaired) electrons. The summed E-state index contributed by atoms with van der Waals surface area (Å²) in [6.07, 6.45) is 5.22. The smallest absolute Gasteiger partial charge is 0.243 e. The standard InChI is InChI=1S/C44H50N4O4/c1-2-40(32-9-5-3-6-10-32)43(34-13-18-38(49)19-14-34)33-11-16-37(17-12-33)47-26-24-46(25-27-47)23-7-4-8-28-52-39-20-15-35-30-48(31-36(35)29-39)41-21-22-42(50)45-44(41)51/h3,5-6,9-20,29,41,49H,2,4,7-8,21-28,30-31H2,1H3,(H,45,50,51). The van der Waals surface area contributed by atoms with Gasteiger partial charge >= 0.3 is 0 Å². The van der Waals surface area contributed by atoms with Crippen molar-refractivity contribution >= 4 is 28.6 Å². The number of unbranched alkanes of at least 4 members (excludes halogenated alkanes) is 2. The van der Waals surface area contributed by atoms with Gasteiger partial charge in [-0.25, -0.2) is 0 Å². The molecule has 8 nitrogen and oxygen atoms in total. The van der Waals surface area contributed by atoms with E-state index < -0.39 is 0 Å². The van der Waals surface area contributed by atoms with Gasteiger partial charge in [0.05, 0.1) is 12.6 Å². The summed E-state index contributed by atoms with van der Waals surface area (Å²) in [5.41, 5.74) is 9.72. The molecule has 270 valence electrons. The molecule has 2 saturated heterocycles. The van der Waals surface area contributed by atoms with Crippen LogP contribution in [0, 0.1) is 0 Å². The lowest BCUT2D eigenvalue weighted by atomic mass is 9.88. The first-order chi connectivity index (χ1) is 25.4. The number of allylic oxidation sites excluding steroid dienone is 1. The third-order valence-electron chi connectivity index (χ3n) is 10.8. The molecule has 0 aliphatic carbocycles. The minimum Gasteiger partial charge on any atom is -0.508 e. The minimum absolute atomic E-state index is 0.171. The van der Waals surface area contributed by atoms with E-state index in [-0.39, 0.29) is 23.6 Å². The predicted molar refractivity (Wildman–Crippen MR) is 207 cm³/mol. The average molecular weight is 699 g/mol. The number of piperidine rings is 1. The number of carbonyl (C=O) groups excluding carboxylic acids is 2. The molecule has 7 rings (SSSR count). The second-order valence-corrected chi connectivity index (χ2v) is 14.2. The molecule has 0 aromatic heterocycles. The molecular formula is C44H50N4O4. The van der Waals surface area contributed by atoms with Crippen molar-refractivity contribution in [1.29, 1.82) is 0 Å². The lowest BCUT2D eigenvalue weighted by molar-refractivity contribution is -0.137. The number of rotatable bonds is 13. The number of carbonyl (C=O) groups is 2. The molecule has 4 aromatic rings. The van der Waals surface area contributed by atoms with Gasteiger partial charge in [0.15, 0.2) is 0 Å². The number of fused-ring (bicyclic) bond motifs is 1. The molecule has 0 saturated carbocycles. The number of benzene rings is 4. The van der Waals surface area contributed by atoms with Gasteiger partial charge in [-0.15, -0.1) is 0 Å². The van der Waals surface area contributed by atoms with Crippen molar-refractivity contribution in [2.75, 3.05) is 44.2 Å². The monoisotopic (exact) mass is 698 g/mol. The first-order valence-corrected chi connectivity index (χ1v) is 18.9. The summed E-state index contributed by atoms with van der Waals surface area (Å²) < 4.78 is 6.12. The van der Waals surface area contributed by atoms with Gasteiger partial charge in [0, 0.05) is 51.4 Å². The van der Waals surface area contributed by atoms with E-state index in [9.17, 15) is 14.7 Å². The fraction of sp³-hybridized carbons (Fsp3) is 0.364. The number of phenolic OH excluding ortho intramolecular Hbond substituents is 1. The summed E-state index contributed by atoms with van der Waals surface area (Å²) in [5, 5.41) is 12.4. The minimum atomic E-state index is -0.238. The molecule has 4 aromatic carbocycles. The molecule has 3 heterocycles. The molecule has 3 aliphatic heterocycles. The second kappa shape index (κ2) is 16.6. The Morgan fingerprint density at radius 3 is 2.21 bits per heavy atom. The maximum atomic E-state index is 12.3. The van der Waals surface area contributed by atoms with Crippen molar-refractivity contribution in [1.82, 2.24) is 15.1 Å². The number of piperazine rings is 1. The normalized spacial score (nSPS) is 18.6.